The molecule has 4 nitrogen and oxygen atoms in total. The van der Waals surface area contributed by atoms with Crippen LogP contribution in [0.2, 0.25) is 0 Å². The fraction of sp³-hybridized carbons (Fsp3) is 0.455. The van der Waals surface area contributed by atoms with Gasteiger partial charge in [0.1, 0.15) is 0 Å². The van der Waals surface area contributed by atoms with Crippen molar-refractivity contribution in [3.63, 3.8) is 0 Å². The van der Waals surface area contributed by atoms with Gasteiger partial charge in [-0.25, -0.2) is 0 Å². The number of aromatic nitrogens is 1. The lowest BCUT2D eigenvalue weighted by molar-refractivity contribution is -0.138. The Morgan fingerprint density at radius 2 is 1.97 bits per heavy atom. The molecule has 0 bridgehead atoms. The summed E-state index contributed by atoms with van der Waals surface area (Å²) < 4.78 is 42.0. The van der Waals surface area contributed by atoms with Crippen LogP contribution in [0.15, 0.2) is 42.7 Å². The molecule has 1 amide bonds. The van der Waals surface area contributed by atoms with Crippen LogP contribution < -0.4 is 5.73 Å². The first-order chi connectivity index (χ1) is 13.9. The van der Waals surface area contributed by atoms with Gasteiger partial charge in [0.15, 0.2) is 0 Å². The average Bonchev–Trinajstić information content (AvgIpc) is 3.12. The molecule has 0 spiro atoms. The van der Waals surface area contributed by atoms with Gasteiger partial charge in [-0.05, 0) is 61.6 Å². The number of hydrogen-bond donors (Lipinski definition) is 1. The third-order valence-electron chi connectivity index (χ3n) is 6.31. The smallest absolute Gasteiger partial charge is 0.366 e. The number of carbonyl (C=O) groups excluding carboxylic acids is 1. The molecule has 2 N–H and O–H groups in total. The molecule has 3 atom stereocenters. The van der Waals surface area contributed by atoms with Crippen LogP contribution >= 0.6 is 0 Å². The minimum absolute atomic E-state index is 0.0169. The quantitative estimate of drug-likeness (QED) is 0.826. The highest BCUT2D eigenvalue weighted by Crippen LogP contribution is 2.46. The standard InChI is InChI=1S/C22H24F3N3O/c23-22(24,25)17-8-3-7-16(21(26)29)20(17)19(14-5-4-11-27-13-14)18-10-9-15-6-1-2-12-28(15)18/h3-5,7-8,11,13,15,18-19H,1-2,6,9-10,12H2,(H2,26,29)/t15-,18+,19+/m1/s1. The van der Waals surface area contributed by atoms with E-state index < -0.39 is 23.6 Å². The Morgan fingerprint density at radius 1 is 1.14 bits per heavy atom. The highest BCUT2D eigenvalue weighted by Gasteiger charge is 2.45. The maximum atomic E-state index is 14.0. The molecule has 0 aliphatic carbocycles. The van der Waals surface area contributed by atoms with Gasteiger partial charge in [0.05, 0.1) is 5.56 Å². The van der Waals surface area contributed by atoms with E-state index in [4.69, 9.17) is 5.73 Å². The van der Waals surface area contributed by atoms with Crippen molar-refractivity contribution in [2.24, 2.45) is 5.73 Å². The molecular formula is C22H24F3N3O. The number of amides is 1. The number of carbonyl (C=O) groups is 1. The second-order valence-corrected chi connectivity index (χ2v) is 7.92. The molecule has 1 aromatic carbocycles. The van der Waals surface area contributed by atoms with E-state index in [0.29, 0.717) is 11.6 Å². The molecule has 154 valence electrons. The van der Waals surface area contributed by atoms with Gasteiger partial charge in [-0.2, -0.15) is 13.2 Å². The summed E-state index contributed by atoms with van der Waals surface area (Å²) in [6.45, 7) is 0.867. The second kappa shape index (κ2) is 7.78. The van der Waals surface area contributed by atoms with E-state index >= 15 is 0 Å². The molecule has 2 aliphatic heterocycles. The lowest BCUT2D eigenvalue weighted by Crippen LogP contribution is -2.43. The molecule has 1 aromatic heterocycles. The van der Waals surface area contributed by atoms with Gasteiger partial charge in [0.25, 0.3) is 0 Å². The maximum Gasteiger partial charge on any atom is 0.416 e. The Kier molecular flexibility index (Phi) is 5.34. The van der Waals surface area contributed by atoms with Gasteiger partial charge >= 0.3 is 6.18 Å². The summed E-state index contributed by atoms with van der Waals surface area (Å²) >= 11 is 0. The summed E-state index contributed by atoms with van der Waals surface area (Å²) in [5.74, 6) is -1.46. The van der Waals surface area contributed by atoms with Crippen LogP contribution in [-0.4, -0.2) is 34.4 Å². The average molecular weight is 403 g/mol. The van der Waals surface area contributed by atoms with Gasteiger partial charge in [-0.15, -0.1) is 0 Å². The van der Waals surface area contributed by atoms with E-state index in [0.717, 1.165) is 44.7 Å². The predicted molar refractivity (Wildman–Crippen MR) is 103 cm³/mol. The van der Waals surface area contributed by atoms with E-state index in [1.54, 1.807) is 24.5 Å². The van der Waals surface area contributed by atoms with Crippen LogP contribution in [0.5, 0.6) is 0 Å². The van der Waals surface area contributed by atoms with Gasteiger partial charge in [0.2, 0.25) is 5.91 Å². The lowest BCUT2D eigenvalue weighted by Gasteiger charge is -2.39. The van der Waals surface area contributed by atoms with Crippen molar-refractivity contribution in [3.05, 3.63) is 65.0 Å². The number of rotatable bonds is 4. The minimum atomic E-state index is -4.58. The van der Waals surface area contributed by atoms with E-state index in [2.05, 4.69) is 9.88 Å². The van der Waals surface area contributed by atoms with Crippen LogP contribution in [0.25, 0.3) is 0 Å². The summed E-state index contributed by atoms with van der Waals surface area (Å²) in [6.07, 6.45) is 3.63. The molecule has 0 unspecified atom stereocenters. The first-order valence-electron chi connectivity index (χ1n) is 10.0. The Morgan fingerprint density at radius 3 is 2.66 bits per heavy atom. The van der Waals surface area contributed by atoms with Gasteiger partial charge < -0.3 is 5.73 Å². The molecule has 0 saturated carbocycles. The molecule has 2 fully saturated rings. The van der Waals surface area contributed by atoms with Crippen LogP contribution in [0, 0.1) is 0 Å². The van der Waals surface area contributed by atoms with E-state index in [1.165, 1.54) is 12.1 Å². The van der Waals surface area contributed by atoms with E-state index in [9.17, 15) is 18.0 Å². The van der Waals surface area contributed by atoms with Crippen molar-refractivity contribution in [1.29, 1.82) is 0 Å². The molecular weight excluding hydrogens is 379 g/mol. The molecule has 7 heteroatoms. The zero-order chi connectivity index (χ0) is 20.6. The molecule has 2 saturated heterocycles. The van der Waals surface area contributed by atoms with E-state index in [1.807, 2.05) is 0 Å². The number of nitrogens with zero attached hydrogens (tertiary/aromatic N) is 2. The van der Waals surface area contributed by atoms with Crippen molar-refractivity contribution in [2.75, 3.05) is 6.54 Å². The lowest BCUT2D eigenvalue weighted by atomic mass is 9.79. The fourth-order valence-corrected chi connectivity index (χ4v) is 5.16. The van der Waals surface area contributed by atoms with Gasteiger partial charge in [0, 0.05) is 36.0 Å². The number of hydrogen-bond acceptors (Lipinski definition) is 3. The number of alkyl halides is 3. The summed E-state index contributed by atoms with van der Waals surface area (Å²) in [4.78, 5) is 18.7. The maximum absolute atomic E-state index is 14.0. The summed E-state index contributed by atoms with van der Waals surface area (Å²) in [5, 5.41) is 0. The van der Waals surface area contributed by atoms with Crippen LogP contribution in [-0.2, 0) is 6.18 Å². The van der Waals surface area contributed by atoms with E-state index in [-0.39, 0.29) is 17.2 Å². The van der Waals surface area contributed by atoms with Crippen LogP contribution in [0.4, 0.5) is 13.2 Å². The number of nitrogens with two attached hydrogens (primary N) is 1. The zero-order valence-corrected chi connectivity index (χ0v) is 16.0. The second-order valence-electron chi connectivity index (χ2n) is 7.92. The summed E-state index contributed by atoms with van der Waals surface area (Å²) in [5.41, 5.74) is 5.35. The highest BCUT2D eigenvalue weighted by molar-refractivity contribution is 5.95. The molecule has 3 heterocycles. The van der Waals surface area contributed by atoms with Crippen LogP contribution in [0.1, 0.15) is 65.1 Å². The molecule has 2 aliphatic rings. The molecule has 0 radical (unpaired) electrons. The number of halogens is 3. The third kappa shape index (κ3) is 3.75. The van der Waals surface area contributed by atoms with Crippen molar-refractivity contribution < 1.29 is 18.0 Å². The van der Waals surface area contributed by atoms with Gasteiger partial charge in [-0.1, -0.05) is 18.6 Å². The van der Waals surface area contributed by atoms with Crippen molar-refractivity contribution in [3.8, 4) is 0 Å². The molecule has 2 aromatic rings. The molecule has 4 rings (SSSR count). The summed E-state index contributed by atoms with van der Waals surface area (Å²) in [7, 11) is 0. The van der Waals surface area contributed by atoms with Crippen molar-refractivity contribution in [1.82, 2.24) is 9.88 Å². The monoisotopic (exact) mass is 403 g/mol. The number of piperidine rings is 1. The largest absolute Gasteiger partial charge is 0.416 e. The number of primary amides is 1. The fourth-order valence-electron chi connectivity index (χ4n) is 5.16. The number of fused-ring (bicyclic) bond motifs is 1. The minimum Gasteiger partial charge on any atom is -0.366 e. The molecule has 29 heavy (non-hydrogen) atoms. The third-order valence-corrected chi connectivity index (χ3v) is 6.31. The van der Waals surface area contributed by atoms with Crippen molar-refractivity contribution >= 4 is 5.91 Å². The Balaban J connectivity index is 1.92. The predicted octanol–water partition coefficient (Wildman–Crippen LogP) is 4.35. The zero-order valence-electron chi connectivity index (χ0n) is 16.0. The van der Waals surface area contributed by atoms with Crippen molar-refractivity contribution in [2.45, 2.75) is 56.3 Å². The first kappa shape index (κ1) is 19.9. The van der Waals surface area contributed by atoms with Gasteiger partial charge in [-0.3, -0.25) is 14.7 Å². The summed E-state index contributed by atoms with van der Waals surface area (Å²) in [6, 6.07) is 7.50. The number of benzene rings is 1. The Bertz CT molecular complexity index is 885. The Hall–Kier alpha value is -2.41. The topological polar surface area (TPSA) is 59.2 Å². The Labute approximate surface area is 167 Å². The normalized spacial score (nSPS) is 23.6. The SMILES string of the molecule is NC(=O)c1cccc(C(F)(F)F)c1[C@@H](c1cccnc1)[C@@H]1CC[C@H]2CCCCN21. The first-order valence-corrected chi connectivity index (χ1v) is 10.0. The van der Waals surface area contributed by atoms with Crippen LogP contribution in [0.3, 0.4) is 0 Å². The highest BCUT2D eigenvalue weighted by atomic mass is 19.4. The number of pyridine rings is 1.